The van der Waals surface area contributed by atoms with E-state index in [-0.39, 0.29) is 17.7 Å². The van der Waals surface area contributed by atoms with Crippen LogP contribution in [-0.4, -0.2) is 43.8 Å². The highest BCUT2D eigenvalue weighted by Crippen LogP contribution is 2.31. The van der Waals surface area contributed by atoms with E-state index in [0.717, 1.165) is 31.7 Å². The maximum atomic E-state index is 12.6. The average Bonchev–Trinajstić information content (AvgIpc) is 3.40. The first-order valence-electron chi connectivity index (χ1n) is 10.5. The molecule has 8 nitrogen and oxygen atoms in total. The number of hydrogen-bond donors (Lipinski definition) is 1. The average molecular weight is 404 g/mol. The Balaban J connectivity index is 1.29. The fraction of sp³-hybridized carbons (Fsp3) is 0.455. The van der Waals surface area contributed by atoms with E-state index in [2.05, 4.69) is 28.0 Å². The fourth-order valence-electron chi connectivity index (χ4n) is 4.40. The number of nitrogens with zero attached hydrogens (tertiary/aromatic N) is 5. The van der Waals surface area contributed by atoms with Crippen molar-refractivity contribution < 1.29 is 4.74 Å². The topological polar surface area (TPSA) is 99.8 Å². The summed E-state index contributed by atoms with van der Waals surface area (Å²) in [5.74, 6) is 1.43. The van der Waals surface area contributed by atoms with Crippen molar-refractivity contribution in [3.05, 3.63) is 52.2 Å². The van der Waals surface area contributed by atoms with Crippen molar-refractivity contribution in [2.24, 2.45) is 0 Å². The van der Waals surface area contributed by atoms with Crippen LogP contribution in [0, 0.1) is 11.3 Å². The molecule has 1 saturated heterocycles. The van der Waals surface area contributed by atoms with Gasteiger partial charge in [-0.25, -0.2) is 9.67 Å². The fourth-order valence-corrected chi connectivity index (χ4v) is 4.40. The molecule has 0 bridgehead atoms. The molecular weight excluding hydrogens is 380 g/mol. The monoisotopic (exact) mass is 404 g/mol. The van der Waals surface area contributed by atoms with E-state index in [1.54, 1.807) is 18.3 Å². The molecule has 0 radical (unpaired) electrons. The molecule has 30 heavy (non-hydrogen) atoms. The van der Waals surface area contributed by atoms with Crippen molar-refractivity contribution in [2.45, 2.75) is 50.8 Å². The number of aromatic amines is 1. The van der Waals surface area contributed by atoms with E-state index in [4.69, 9.17) is 15.0 Å². The van der Waals surface area contributed by atoms with E-state index >= 15 is 0 Å². The second-order valence-electron chi connectivity index (χ2n) is 8.22. The summed E-state index contributed by atoms with van der Waals surface area (Å²) in [6.07, 6.45) is 6.31. The number of fused-ring (bicyclic) bond motifs is 1. The lowest BCUT2D eigenvalue weighted by atomic mass is 10.1. The number of aromatic nitrogens is 4. The Morgan fingerprint density at radius 2 is 1.97 bits per heavy atom. The summed E-state index contributed by atoms with van der Waals surface area (Å²) in [6.45, 7) is 3.56. The summed E-state index contributed by atoms with van der Waals surface area (Å²) in [5.41, 5.74) is 1.18. The number of benzene rings is 1. The molecule has 1 saturated carbocycles. The van der Waals surface area contributed by atoms with Crippen LogP contribution in [0.2, 0.25) is 0 Å². The highest BCUT2D eigenvalue weighted by Gasteiger charge is 2.34. The van der Waals surface area contributed by atoms with Crippen LogP contribution in [-0.2, 0) is 0 Å². The van der Waals surface area contributed by atoms with Crippen molar-refractivity contribution >= 4 is 11.0 Å². The van der Waals surface area contributed by atoms with Gasteiger partial charge in [-0.05, 0) is 44.0 Å². The molecule has 2 fully saturated rings. The Hall–Kier alpha value is -3.18. The van der Waals surface area contributed by atoms with Gasteiger partial charge in [-0.1, -0.05) is 12.8 Å². The Morgan fingerprint density at radius 1 is 1.23 bits per heavy atom. The third-order valence-electron chi connectivity index (χ3n) is 6.26. The lowest BCUT2D eigenvalue weighted by molar-refractivity contribution is -0.00735. The minimum absolute atomic E-state index is 0.0187. The summed E-state index contributed by atoms with van der Waals surface area (Å²) in [6, 6.07) is 9.58. The number of nitrogens with one attached hydrogen (secondary N) is 1. The molecule has 3 aromatic rings. The Kier molecular flexibility index (Phi) is 4.75. The molecule has 1 aromatic carbocycles. The molecule has 1 N–H and O–H groups in total. The van der Waals surface area contributed by atoms with Crippen LogP contribution in [0.1, 0.15) is 56.1 Å². The van der Waals surface area contributed by atoms with Crippen molar-refractivity contribution in [2.75, 3.05) is 13.1 Å². The van der Waals surface area contributed by atoms with Gasteiger partial charge in [-0.2, -0.15) is 10.4 Å². The highest BCUT2D eigenvalue weighted by molar-refractivity contribution is 5.73. The van der Waals surface area contributed by atoms with E-state index in [0.29, 0.717) is 28.5 Å². The maximum absolute atomic E-state index is 12.6. The smallest absolute Gasteiger partial charge is 0.262 e. The SMILES string of the molecule is C[C@H](c1nc2c(cnn2C2CCCC2)c(=O)[nH]1)N1CC(Oc2ccc(C#N)cc2)C1. The molecular formula is C22H24N6O2. The van der Waals surface area contributed by atoms with Crippen molar-refractivity contribution in [1.29, 1.82) is 5.26 Å². The van der Waals surface area contributed by atoms with Gasteiger partial charge in [0.2, 0.25) is 0 Å². The number of nitriles is 1. The van der Waals surface area contributed by atoms with Gasteiger partial charge in [0.05, 0.1) is 29.9 Å². The summed E-state index contributed by atoms with van der Waals surface area (Å²) >= 11 is 0. The summed E-state index contributed by atoms with van der Waals surface area (Å²) in [5, 5.41) is 13.9. The molecule has 2 aromatic heterocycles. The third kappa shape index (κ3) is 3.35. The third-order valence-corrected chi connectivity index (χ3v) is 6.26. The van der Waals surface area contributed by atoms with Gasteiger partial charge < -0.3 is 9.72 Å². The van der Waals surface area contributed by atoms with Crippen LogP contribution in [0.25, 0.3) is 11.0 Å². The van der Waals surface area contributed by atoms with E-state index in [1.165, 1.54) is 12.8 Å². The lowest BCUT2D eigenvalue weighted by Crippen LogP contribution is -2.54. The molecule has 1 aliphatic carbocycles. The summed E-state index contributed by atoms with van der Waals surface area (Å²) in [7, 11) is 0. The lowest BCUT2D eigenvalue weighted by Gasteiger charge is -2.42. The minimum Gasteiger partial charge on any atom is -0.488 e. The Morgan fingerprint density at radius 3 is 2.67 bits per heavy atom. The molecule has 154 valence electrons. The molecule has 0 unspecified atom stereocenters. The predicted molar refractivity (Wildman–Crippen MR) is 111 cm³/mol. The van der Waals surface area contributed by atoms with Crippen molar-refractivity contribution in [1.82, 2.24) is 24.6 Å². The first-order valence-corrected chi connectivity index (χ1v) is 10.5. The standard InChI is InChI=1S/C22H24N6O2/c1-14(27-12-18(13-27)30-17-8-6-15(10-23)7-9-17)20-25-21-19(22(29)26-20)11-24-28(21)16-4-2-3-5-16/h6-9,11,14,16,18H,2-5,12-13H2,1H3,(H,25,26,29)/t14-/m1/s1. The van der Waals surface area contributed by atoms with Gasteiger partial charge in [-0.15, -0.1) is 0 Å². The Labute approximate surface area is 174 Å². The van der Waals surface area contributed by atoms with E-state index < -0.39 is 0 Å². The van der Waals surface area contributed by atoms with Gasteiger partial charge >= 0.3 is 0 Å². The van der Waals surface area contributed by atoms with Crippen LogP contribution >= 0.6 is 0 Å². The van der Waals surface area contributed by atoms with E-state index in [1.807, 2.05) is 16.8 Å². The van der Waals surface area contributed by atoms with Crippen LogP contribution in [0.3, 0.4) is 0 Å². The zero-order valence-corrected chi connectivity index (χ0v) is 16.9. The van der Waals surface area contributed by atoms with Crippen LogP contribution in [0.4, 0.5) is 0 Å². The second-order valence-corrected chi connectivity index (χ2v) is 8.22. The normalized spacial score (nSPS) is 18.9. The number of hydrogen-bond acceptors (Lipinski definition) is 6. The van der Waals surface area contributed by atoms with Crippen LogP contribution in [0.15, 0.2) is 35.3 Å². The maximum Gasteiger partial charge on any atom is 0.262 e. The number of likely N-dealkylation sites (tertiary alicyclic amines) is 1. The van der Waals surface area contributed by atoms with Gasteiger partial charge in [-0.3, -0.25) is 9.69 Å². The molecule has 1 atom stereocenters. The first-order chi connectivity index (χ1) is 14.6. The number of H-pyrrole nitrogens is 1. The molecule has 3 heterocycles. The van der Waals surface area contributed by atoms with Crippen LogP contribution < -0.4 is 10.3 Å². The quantitative estimate of drug-likeness (QED) is 0.702. The molecule has 1 aliphatic heterocycles. The molecule has 0 spiro atoms. The first kappa shape index (κ1) is 18.8. The molecule has 2 aliphatic rings. The molecule has 5 rings (SSSR count). The zero-order chi connectivity index (χ0) is 20.7. The van der Waals surface area contributed by atoms with Crippen molar-refractivity contribution in [3.8, 4) is 11.8 Å². The van der Waals surface area contributed by atoms with Gasteiger partial charge in [0.15, 0.2) is 5.65 Å². The van der Waals surface area contributed by atoms with E-state index in [9.17, 15) is 4.79 Å². The highest BCUT2D eigenvalue weighted by atomic mass is 16.5. The molecule has 8 heteroatoms. The van der Waals surface area contributed by atoms with Gasteiger partial charge in [0, 0.05) is 13.1 Å². The Bertz CT molecular complexity index is 1150. The minimum atomic E-state index is -0.128. The van der Waals surface area contributed by atoms with Crippen molar-refractivity contribution in [3.63, 3.8) is 0 Å². The second kappa shape index (κ2) is 7.58. The largest absolute Gasteiger partial charge is 0.488 e. The number of rotatable bonds is 5. The number of ether oxygens (including phenoxy) is 1. The zero-order valence-electron chi connectivity index (χ0n) is 16.9. The van der Waals surface area contributed by atoms with Gasteiger partial charge in [0.25, 0.3) is 5.56 Å². The predicted octanol–water partition coefficient (Wildman–Crippen LogP) is 2.93. The molecule has 0 amide bonds. The summed E-state index contributed by atoms with van der Waals surface area (Å²) < 4.78 is 7.92. The van der Waals surface area contributed by atoms with Crippen LogP contribution in [0.5, 0.6) is 5.75 Å². The van der Waals surface area contributed by atoms with Gasteiger partial charge in [0.1, 0.15) is 23.1 Å². The summed E-state index contributed by atoms with van der Waals surface area (Å²) in [4.78, 5) is 22.6.